The topological polar surface area (TPSA) is 87.1 Å². The van der Waals surface area contributed by atoms with Crippen molar-refractivity contribution in [1.29, 1.82) is 0 Å². The molecule has 2 rings (SSSR count). The molecule has 1 fully saturated rings. The summed E-state index contributed by atoms with van der Waals surface area (Å²) in [5.41, 5.74) is -1.18. The lowest BCUT2D eigenvalue weighted by Gasteiger charge is -2.35. The van der Waals surface area contributed by atoms with Gasteiger partial charge in [0.2, 0.25) is 0 Å². The lowest BCUT2D eigenvalue weighted by Crippen LogP contribution is -2.50. The lowest BCUT2D eigenvalue weighted by molar-refractivity contribution is -0.162. The molecule has 1 aromatic carbocycles. The highest BCUT2D eigenvalue weighted by Crippen LogP contribution is 2.24. The maximum atomic E-state index is 12.4. The molecule has 0 atom stereocenters. The highest BCUT2D eigenvalue weighted by atomic mass is 16.5. The van der Waals surface area contributed by atoms with Gasteiger partial charge in [-0.2, -0.15) is 0 Å². The summed E-state index contributed by atoms with van der Waals surface area (Å²) in [5, 5.41) is 18.9. The van der Waals surface area contributed by atoms with Gasteiger partial charge in [-0.25, -0.2) is 4.79 Å². The van der Waals surface area contributed by atoms with Gasteiger partial charge < -0.3 is 19.8 Å². The van der Waals surface area contributed by atoms with Crippen LogP contribution in [0.2, 0.25) is 0 Å². The summed E-state index contributed by atoms with van der Waals surface area (Å²) >= 11 is 0. The van der Waals surface area contributed by atoms with Crippen molar-refractivity contribution < 1.29 is 24.5 Å². The van der Waals surface area contributed by atoms with Crippen molar-refractivity contribution in [1.82, 2.24) is 4.90 Å². The van der Waals surface area contributed by atoms with E-state index in [1.54, 1.807) is 29.2 Å². The van der Waals surface area contributed by atoms with E-state index < -0.39 is 11.6 Å². The number of carboxylic acid groups (broad SMARTS) is 1. The van der Waals surface area contributed by atoms with E-state index in [9.17, 15) is 14.7 Å². The van der Waals surface area contributed by atoms with Crippen molar-refractivity contribution >= 4 is 11.9 Å². The fourth-order valence-electron chi connectivity index (χ4n) is 2.50. The van der Waals surface area contributed by atoms with Crippen LogP contribution in [0.25, 0.3) is 0 Å². The van der Waals surface area contributed by atoms with Gasteiger partial charge in [0.05, 0.1) is 6.61 Å². The minimum Gasteiger partial charge on any atom is -0.494 e. The summed E-state index contributed by atoms with van der Waals surface area (Å²) in [6.07, 6.45) is 2.15. The molecular formula is C17H23NO5. The summed E-state index contributed by atoms with van der Waals surface area (Å²) in [6.45, 7) is 3.21. The maximum Gasteiger partial charge on any atom is 0.335 e. The van der Waals surface area contributed by atoms with E-state index in [4.69, 9.17) is 9.84 Å². The first kappa shape index (κ1) is 17.3. The first-order valence-electron chi connectivity index (χ1n) is 7.94. The molecule has 126 valence electrons. The second-order valence-electron chi connectivity index (χ2n) is 5.86. The van der Waals surface area contributed by atoms with Crippen LogP contribution in [0, 0.1) is 0 Å². The zero-order valence-electron chi connectivity index (χ0n) is 13.3. The fraction of sp³-hybridized carbons (Fsp3) is 0.529. The number of amides is 1. The molecule has 6 heteroatoms. The third-order valence-corrected chi connectivity index (χ3v) is 4.14. The Bertz CT molecular complexity index is 547. The lowest BCUT2D eigenvalue weighted by atomic mass is 9.91. The maximum absolute atomic E-state index is 12.4. The average Bonchev–Trinajstić information content (AvgIpc) is 2.56. The molecule has 0 spiro atoms. The van der Waals surface area contributed by atoms with Crippen molar-refractivity contribution in [3.05, 3.63) is 29.8 Å². The smallest absolute Gasteiger partial charge is 0.335 e. The number of nitrogens with zero attached hydrogens (tertiary/aromatic N) is 1. The van der Waals surface area contributed by atoms with Gasteiger partial charge in [0, 0.05) is 31.5 Å². The molecule has 2 N–H and O–H groups in total. The summed E-state index contributed by atoms with van der Waals surface area (Å²) in [5.74, 6) is -0.648. The number of piperidine rings is 1. The molecule has 0 aromatic heterocycles. The summed E-state index contributed by atoms with van der Waals surface area (Å²) in [7, 11) is 0. The first-order valence-corrected chi connectivity index (χ1v) is 7.94. The zero-order chi connectivity index (χ0) is 16.9. The van der Waals surface area contributed by atoms with Gasteiger partial charge in [0.25, 0.3) is 5.91 Å². The van der Waals surface area contributed by atoms with E-state index in [1.165, 1.54) is 0 Å². The van der Waals surface area contributed by atoms with Crippen LogP contribution < -0.4 is 4.74 Å². The van der Waals surface area contributed by atoms with Crippen LogP contribution in [0.5, 0.6) is 5.75 Å². The predicted octanol–water partition coefficient (Wildman–Crippen LogP) is 1.92. The molecule has 1 aliphatic rings. The number of aliphatic hydroxyl groups is 1. The number of carbonyl (C=O) groups excluding carboxylic acids is 1. The number of rotatable bonds is 6. The van der Waals surface area contributed by atoms with Crippen LogP contribution in [-0.2, 0) is 4.79 Å². The molecule has 1 aromatic rings. The molecule has 0 radical (unpaired) electrons. The molecule has 1 amide bonds. The summed E-state index contributed by atoms with van der Waals surface area (Å²) in [6, 6.07) is 6.95. The van der Waals surface area contributed by atoms with Gasteiger partial charge in [-0.3, -0.25) is 4.79 Å². The number of ether oxygens (including phenoxy) is 1. The molecule has 0 bridgehead atoms. The van der Waals surface area contributed by atoms with Gasteiger partial charge in [-0.15, -0.1) is 0 Å². The van der Waals surface area contributed by atoms with E-state index in [1.807, 2.05) is 0 Å². The van der Waals surface area contributed by atoms with Gasteiger partial charge in [0.1, 0.15) is 5.75 Å². The fourth-order valence-corrected chi connectivity index (χ4v) is 2.50. The quantitative estimate of drug-likeness (QED) is 0.782. The van der Waals surface area contributed by atoms with Crippen LogP contribution in [0.15, 0.2) is 24.3 Å². The number of likely N-dealkylation sites (tertiary alicyclic amines) is 1. The van der Waals surface area contributed by atoms with Crippen molar-refractivity contribution in [3.63, 3.8) is 0 Å². The van der Waals surface area contributed by atoms with Gasteiger partial charge in [-0.1, -0.05) is 13.3 Å². The van der Waals surface area contributed by atoms with Crippen LogP contribution in [0.4, 0.5) is 0 Å². The van der Waals surface area contributed by atoms with Gasteiger partial charge in [0.15, 0.2) is 5.60 Å². The van der Waals surface area contributed by atoms with Crippen LogP contribution in [0.1, 0.15) is 43.0 Å². The largest absolute Gasteiger partial charge is 0.494 e. The van der Waals surface area contributed by atoms with Crippen LogP contribution in [-0.4, -0.2) is 52.3 Å². The summed E-state index contributed by atoms with van der Waals surface area (Å²) < 4.78 is 5.56. The Morgan fingerprint density at radius 3 is 2.35 bits per heavy atom. The predicted molar refractivity (Wildman–Crippen MR) is 84.6 cm³/mol. The first-order chi connectivity index (χ1) is 11.0. The third kappa shape index (κ3) is 4.22. The molecule has 6 nitrogen and oxygen atoms in total. The number of aliphatic carboxylic acids is 1. The monoisotopic (exact) mass is 321 g/mol. The Kier molecular flexibility index (Phi) is 5.60. The molecule has 0 aliphatic carbocycles. The molecular weight excluding hydrogens is 298 g/mol. The minimum absolute atomic E-state index is 0.0479. The standard InChI is InChI=1S/C17H23NO5/c1-2-3-12-23-14-6-4-13(5-7-14)15(19)18-10-8-17(22,9-11-18)16(20)21/h4-7,22H,2-3,8-12H2,1H3,(H,20,21). The van der Waals surface area contributed by atoms with Crippen molar-refractivity contribution in [2.75, 3.05) is 19.7 Å². The van der Waals surface area contributed by atoms with E-state index in [0.29, 0.717) is 12.2 Å². The van der Waals surface area contributed by atoms with Crippen LogP contribution in [0.3, 0.4) is 0 Å². The van der Waals surface area contributed by atoms with E-state index >= 15 is 0 Å². The third-order valence-electron chi connectivity index (χ3n) is 4.14. The average molecular weight is 321 g/mol. The van der Waals surface area contributed by atoms with Crippen molar-refractivity contribution in [3.8, 4) is 5.75 Å². The van der Waals surface area contributed by atoms with Gasteiger partial charge in [-0.05, 0) is 30.7 Å². The molecule has 1 aliphatic heterocycles. The number of benzene rings is 1. The number of unbranched alkanes of at least 4 members (excludes halogenated alkanes) is 1. The van der Waals surface area contributed by atoms with E-state index in [2.05, 4.69) is 6.92 Å². The van der Waals surface area contributed by atoms with E-state index in [0.717, 1.165) is 18.6 Å². The van der Waals surface area contributed by atoms with Crippen LogP contribution >= 0.6 is 0 Å². The Morgan fingerprint density at radius 2 is 1.83 bits per heavy atom. The molecule has 0 unspecified atom stereocenters. The Labute approximate surface area is 135 Å². The second kappa shape index (κ2) is 7.46. The number of hydrogen-bond acceptors (Lipinski definition) is 4. The van der Waals surface area contributed by atoms with Crippen molar-refractivity contribution in [2.24, 2.45) is 0 Å². The number of carboxylic acids is 1. The molecule has 1 saturated heterocycles. The normalized spacial score (nSPS) is 16.9. The Morgan fingerprint density at radius 1 is 1.22 bits per heavy atom. The second-order valence-corrected chi connectivity index (χ2v) is 5.86. The molecule has 23 heavy (non-hydrogen) atoms. The highest BCUT2D eigenvalue weighted by molar-refractivity contribution is 5.94. The Balaban J connectivity index is 1.92. The number of hydrogen-bond donors (Lipinski definition) is 2. The van der Waals surface area contributed by atoms with Crippen molar-refractivity contribution in [2.45, 2.75) is 38.2 Å². The van der Waals surface area contributed by atoms with Gasteiger partial charge >= 0.3 is 5.97 Å². The summed E-state index contributed by atoms with van der Waals surface area (Å²) in [4.78, 5) is 25.0. The Hall–Kier alpha value is -2.08. The molecule has 0 saturated carbocycles. The van der Waals surface area contributed by atoms with E-state index in [-0.39, 0.29) is 31.8 Å². The molecule has 1 heterocycles. The SMILES string of the molecule is CCCCOc1ccc(C(=O)N2CCC(O)(C(=O)O)CC2)cc1. The zero-order valence-corrected chi connectivity index (χ0v) is 13.3. The highest BCUT2D eigenvalue weighted by Gasteiger charge is 2.40. The number of carbonyl (C=O) groups is 2. The minimum atomic E-state index is -1.71.